The number of aliphatic hydroxyl groups excluding tert-OH is 1. The molecule has 0 aliphatic carbocycles. The average molecular weight is 685 g/mol. The van der Waals surface area contributed by atoms with Crippen molar-refractivity contribution in [2.24, 2.45) is 5.92 Å². The Morgan fingerprint density at radius 2 is 1.84 bits per heavy atom. The molecule has 0 radical (unpaired) electrons. The second-order valence-corrected chi connectivity index (χ2v) is 18.2. The Bertz CT molecular complexity index is 1860. The Labute approximate surface area is 285 Å². The van der Waals surface area contributed by atoms with E-state index in [9.17, 15) is 34.4 Å². The van der Waals surface area contributed by atoms with Gasteiger partial charge in [-0.2, -0.15) is 0 Å². The van der Waals surface area contributed by atoms with Crippen LogP contribution in [0.25, 0.3) is 0 Å². The van der Waals surface area contributed by atoms with Crippen LogP contribution in [0.2, 0.25) is 18.6 Å². The number of nitrogens with zero attached hydrogens (tertiary/aromatic N) is 4. The Balaban J connectivity index is 1.25. The summed E-state index contributed by atoms with van der Waals surface area (Å²) in [5, 5.41) is 22.2. The van der Waals surface area contributed by atoms with Crippen molar-refractivity contribution < 1.29 is 33.9 Å². The summed E-state index contributed by atoms with van der Waals surface area (Å²) in [5.41, 5.74) is 1.92. The summed E-state index contributed by atoms with van der Waals surface area (Å²) >= 11 is 0. The van der Waals surface area contributed by atoms with Crippen molar-refractivity contribution in [1.82, 2.24) is 4.90 Å². The predicted octanol–water partition coefficient (Wildman–Crippen LogP) is 4.01. The zero-order valence-electron chi connectivity index (χ0n) is 27.7. The number of carbonyl (C=O) groups excluding carboxylic acids is 3. The fraction of sp³-hybridized carbons (Fsp3) is 0.417. The number of β-lactam (4-membered cyclic amide) rings is 1. The number of rotatable bonds is 8. The number of non-ortho nitro benzene ring substituents is 1. The summed E-state index contributed by atoms with van der Waals surface area (Å²) in [6.45, 7) is 6.20. The van der Waals surface area contributed by atoms with Gasteiger partial charge in [0.05, 0.1) is 42.3 Å². The van der Waals surface area contributed by atoms with Crippen LogP contribution in [0.15, 0.2) is 66.7 Å². The summed E-state index contributed by atoms with van der Waals surface area (Å²) in [4.78, 5) is 69.1. The number of ether oxygens (including phenoxy) is 1. The summed E-state index contributed by atoms with van der Waals surface area (Å²) < 4.78 is 6.80. The van der Waals surface area contributed by atoms with Crippen LogP contribution in [0.1, 0.15) is 42.0 Å². The van der Waals surface area contributed by atoms with Gasteiger partial charge in [-0.15, -0.1) is 0 Å². The standard InChI is InChI=1S/C36H40N4O8Si/c1-22-34(49(2,3)47)31(18-33(43)38-20-25-9-5-4-8-24(25)16-28(38)21-41)48-36(22)29-17-27(40(45)46)11-12-30(29)39(35(36)44)19-23-7-6-10-26(15-23)37-14-13-32(37)42/h4-12,15,17,22,28,31,34,41,47H,13-14,16,18-21H2,1-3H3/t22-,28+,31+,34-,36+/m1/s1. The highest BCUT2D eigenvalue weighted by Crippen LogP contribution is 2.60. The molecular weight excluding hydrogens is 645 g/mol. The molecule has 3 amide bonds. The van der Waals surface area contributed by atoms with Gasteiger partial charge in [0.15, 0.2) is 13.9 Å². The van der Waals surface area contributed by atoms with E-state index in [0.29, 0.717) is 37.2 Å². The average Bonchev–Trinajstić information content (AvgIpc) is 3.49. The fourth-order valence-corrected chi connectivity index (χ4v) is 11.0. The van der Waals surface area contributed by atoms with E-state index in [1.54, 1.807) is 33.9 Å². The highest BCUT2D eigenvalue weighted by Gasteiger charge is 2.66. The lowest BCUT2D eigenvalue weighted by molar-refractivity contribution is -0.385. The number of aliphatic hydroxyl groups is 1. The van der Waals surface area contributed by atoms with Gasteiger partial charge in [0.25, 0.3) is 11.6 Å². The van der Waals surface area contributed by atoms with Gasteiger partial charge < -0.3 is 29.3 Å². The summed E-state index contributed by atoms with van der Waals surface area (Å²) in [6.07, 6.45) is 0.00348. The predicted molar refractivity (Wildman–Crippen MR) is 183 cm³/mol. The van der Waals surface area contributed by atoms with Crippen LogP contribution in [0.4, 0.5) is 17.1 Å². The van der Waals surface area contributed by atoms with Gasteiger partial charge in [-0.3, -0.25) is 24.5 Å². The minimum atomic E-state index is -3.14. The molecule has 2 fully saturated rings. The van der Waals surface area contributed by atoms with Crippen LogP contribution < -0.4 is 9.80 Å². The highest BCUT2D eigenvalue weighted by molar-refractivity contribution is 6.71. The monoisotopic (exact) mass is 684 g/mol. The number of hydrogen-bond donors (Lipinski definition) is 2. The first-order valence-corrected chi connectivity index (χ1v) is 19.7. The number of anilines is 2. The molecule has 13 heteroatoms. The van der Waals surface area contributed by atoms with Crippen molar-refractivity contribution in [2.75, 3.05) is 23.0 Å². The zero-order chi connectivity index (χ0) is 34.8. The molecule has 256 valence electrons. The molecule has 0 bridgehead atoms. The summed E-state index contributed by atoms with van der Waals surface area (Å²) in [6, 6.07) is 19.1. The Morgan fingerprint density at radius 1 is 1.08 bits per heavy atom. The molecule has 3 aromatic carbocycles. The van der Waals surface area contributed by atoms with E-state index < -0.39 is 48.4 Å². The van der Waals surface area contributed by atoms with Crippen LogP contribution >= 0.6 is 0 Å². The minimum absolute atomic E-state index is 0.0284. The first-order valence-electron chi connectivity index (χ1n) is 16.7. The molecule has 3 aromatic rings. The third-order valence-electron chi connectivity index (χ3n) is 10.9. The summed E-state index contributed by atoms with van der Waals surface area (Å²) in [7, 11) is -3.14. The van der Waals surface area contributed by atoms with Crippen molar-refractivity contribution in [3.05, 3.63) is 99.1 Å². The molecule has 5 atom stereocenters. The molecule has 12 nitrogen and oxygen atoms in total. The lowest BCUT2D eigenvalue weighted by Crippen LogP contribution is -2.48. The number of hydrogen-bond acceptors (Lipinski definition) is 8. The molecule has 0 unspecified atom stereocenters. The quantitative estimate of drug-likeness (QED) is 0.156. The maximum atomic E-state index is 14.8. The summed E-state index contributed by atoms with van der Waals surface area (Å²) in [5.74, 6) is -1.28. The first-order chi connectivity index (χ1) is 23.3. The lowest BCUT2D eigenvalue weighted by Gasteiger charge is -2.37. The van der Waals surface area contributed by atoms with Crippen molar-refractivity contribution in [1.29, 1.82) is 0 Å². The first kappa shape index (κ1) is 33.1. The highest BCUT2D eigenvalue weighted by atomic mass is 28.4. The smallest absolute Gasteiger partial charge is 0.269 e. The second-order valence-electron chi connectivity index (χ2n) is 14.2. The van der Waals surface area contributed by atoms with Crippen LogP contribution in [-0.4, -0.2) is 71.1 Å². The minimum Gasteiger partial charge on any atom is -0.432 e. The van der Waals surface area contributed by atoms with Crippen molar-refractivity contribution in [3.8, 4) is 0 Å². The number of benzene rings is 3. The molecule has 0 aromatic heterocycles. The van der Waals surface area contributed by atoms with Gasteiger partial charge in [-0.25, -0.2) is 0 Å². The SMILES string of the molecule is C[C@@H]1[C@@H]([Si](C)(C)O)[C@H](CC(=O)N2Cc3ccccc3C[C@H]2CO)O[C@@]12C(=O)N(Cc1cccc(N3CCC3=O)c1)c1ccc([N+](=O)[O-])cc12. The largest absolute Gasteiger partial charge is 0.432 e. The van der Waals surface area contributed by atoms with Gasteiger partial charge in [-0.05, 0) is 54.4 Å². The van der Waals surface area contributed by atoms with Gasteiger partial charge in [-0.1, -0.05) is 43.3 Å². The van der Waals surface area contributed by atoms with Crippen LogP contribution in [0.3, 0.4) is 0 Å². The number of nitro groups is 1. The van der Waals surface area contributed by atoms with Gasteiger partial charge >= 0.3 is 0 Å². The molecular formula is C36H40N4O8Si. The molecule has 4 heterocycles. The van der Waals surface area contributed by atoms with Crippen LogP contribution in [0.5, 0.6) is 0 Å². The molecule has 4 aliphatic rings. The van der Waals surface area contributed by atoms with Crippen molar-refractivity contribution in [2.45, 2.75) is 75.7 Å². The number of carbonyl (C=O) groups is 3. The molecule has 4 aliphatic heterocycles. The molecule has 2 saturated heterocycles. The van der Waals surface area contributed by atoms with Crippen LogP contribution in [0, 0.1) is 16.0 Å². The molecule has 7 rings (SSSR count). The fourth-order valence-electron chi connectivity index (χ4n) is 8.46. The van der Waals surface area contributed by atoms with Crippen molar-refractivity contribution in [3.63, 3.8) is 0 Å². The van der Waals surface area contributed by atoms with Crippen molar-refractivity contribution >= 4 is 43.1 Å². The maximum absolute atomic E-state index is 14.8. The number of fused-ring (bicyclic) bond motifs is 3. The molecule has 0 saturated carbocycles. The van der Waals surface area contributed by atoms with E-state index in [2.05, 4.69) is 0 Å². The molecule has 49 heavy (non-hydrogen) atoms. The molecule has 1 spiro atoms. The number of nitro benzene ring substituents is 1. The van der Waals surface area contributed by atoms with Gasteiger partial charge in [0.1, 0.15) is 0 Å². The van der Waals surface area contributed by atoms with E-state index in [4.69, 9.17) is 4.74 Å². The van der Waals surface area contributed by atoms with Gasteiger partial charge in [0, 0.05) is 54.4 Å². The Hall–Kier alpha value is -4.43. The van der Waals surface area contributed by atoms with E-state index in [0.717, 1.165) is 22.4 Å². The van der Waals surface area contributed by atoms with E-state index in [1.807, 2.05) is 55.5 Å². The van der Waals surface area contributed by atoms with Crippen LogP contribution in [-0.2, 0) is 44.2 Å². The Morgan fingerprint density at radius 3 is 2.49 bits per heavy atom. The normalized spacial score (nSPS) is 26.2. The third-order valence-corrected chi connectivity index (χ3v) is 13.4. The third kappa shape index (κ3) is 5.45. The second kappa shape index (κ2) is 12.2. The molecule has 2 N–H and O–H groups in total. The maximum Gasteiger partial charge on any atom is 0.269 e. The van der Waals surface area contributed by atoms with E-state index in [-0.39, 0.29) is 37.1 Å². The topological polar surface area (TPSA) is 154 Å². The van der Waals surface area contributed by atoms with Gasteiger partial charge in [0.2, 0.25) is 11.8 Å². The Kier molecular flexibility index (Phi) is 8.21. The van der Waals surface area contributed by atoms with E-state index in [1.165, 1.54) is 12.1 Å². The lowest BCUT2D eigenvalue weighted by atomic mass is 9.82. The zero-order valence-corrected chi connectivity index (χ0v) is 28.7. The number of amides is 3. The van der Waals surface area contributed by atoms with E-state index >= 15 is 0 Å².